The van der Waals surface area contributed by atoms with Crippen molar-refractivity contribution in [1.29, 1.82) is 0 Å². The summed E-state index contributed by atoms with van der Waals surface area (Å²) in [4.78, 5) is 104. The number of phenolic OH excluding ortho intramolecular Hbond substituents is 1. The first kappa shape index (κ1) is 60.0. The number of rotatable bonds is 21. The number of phenols is 1. The molecule has 0 radical (unpaired) electrons. The maximum Gasteiger partial charge on any atom is 0.336 e. The predicted molar refractivity (Wildman–Crippen MR) is 275 cm³/mol. The van der Waals surface area contributed by atoms with Gasteiger partial charge >= 0.3 is 5.97 Å². The van der Waals surface area contributed by atoms with E-state index < -0.39 is 23.7 Å². The van der Waals surface area contributed by atoms with E-state index in [9.17, 15) is 53.4 Å². The van der Waals surface area contributed by atoms with Gasteiger partial charge in [0.1, 0.15) is 17.1 Å². The van der Waals surface area contributed by atoms with Gasteiger partial charge < -0.3 is 52.3 Å². The molecule has 0 atom stereocenters. The number of aromatic carboxylic acids is 1. The normalized spacial score (nSPS) is 10.2. The summed E-state index contributed by atoms with van der Waals surface area (Å²) in [5.41, 5.74) is 7.46. The number of hydrogen-bond donors (Lipinski definition) is 9. The van der Waals surface area contributed by atoms with E-state index in [-0.39, 0.29) is 89.9 Å². The number of amides is 7. The highest BCUT2D eigenvalue weighted by atomic mass is 16.4. The molecule has 5 rings (SSSR count). The number of likely N-dealkylation sites (N-methyl/N-ethyl adjacent to an activating group) is 1. The van der Waals surface area contributed by atoms with Crippen molar-refractivity contribution >= 4 is 58.3 Å². The van der Waals surface area contributed by atoms with Crippen LogP contribution in [-0.4, -0.2) is 97.3 Å². The zero-order chi connectivity index (χ0) is 53.6. The van der Waals surface area contributed by atoms with Crippen LogP contribution in [0.1, 0.15) is 105 Å². The minimum Gasteiger partial charge on any atom is -0.508 e. The van der Waals surface area contributed by atoms with Crippen molar-refractivity contribution in [1.82, 2.24) is 31.9 Å². The van der Waals surface area contributed by atoms with Crippen molar-refractivity contribution in [2.75, 3.05) is 39.8 Å². The first-order chi connectivity index (χ1) is 34.2. The minimum absolute atomic E-state index is 0.0290. The lowest BCUT2D eigenvalue weighted by atomic mass is 9.90. The van der Waals surface area contributed by atoms with Crippen molar-refractivity contribution < 1.29 is 53.0 Å². The van der Waals surface area contributed by atoms with Gasteiger partial charge in [0.05, 0.1) is 25.2 Å². The second kappa shape index (κ2) is 32.7. The highest BCUT2D eigenvalue weighted by Gasteiger charge is 2.23. The van der Waals surface area contributed by atoms with Gasteiger partial charge in [0.2, 0.25) is 35.4 Å². The van der Waals surface area contributed by atoms with Crippen LogP contribution in [0.25, 0.3) is 33.4 Å². The fourth-order valence-electron chi connectivity index (χ4n) is 6.38. The number of hydrogen-bond acceptors (Lipinski definition) is 11. The number of aryl methyl sites for hydroxylation is 1. The van der Waals surface area contributed by atoms with Gasteiger partial charge in [0.25, 0.3) is 5.91 Å². The van der Waals surface area contributed by atoms with Crippen LogP contribution in [0, 0.1) is 12.8 Å². The van der Waals surface area contributed by atoms with Gasteiger partial charge in [-0.05, 0) is 80.5 Å². The Bertz CT molecular complexity index is 2610. The molecule has 1 heterocycles. The average Bonchev–Trinajstić information content (AvgIpc) is 3.33. The average molecular weight is 996 g/mol. The SMILES string of the molecule is CC(C)C.CNC(=O)CNC(=O)CCCCCNC(C)=O.Cc1ccccc1.NC(=O)CNC(=O)CNC(=O)CCCCCNC(=O)c1ccc(-c2c3ccc(=O)cc-3oc3cc(O)ccc23)c(C(=O)O)c1. The van der Waals surface area contributed by atoms with Gasteiger partial charge in [0.15, 0.2) is 5.43 Å². The highest BCUT2D eigenvalue weighted by molar-refractivity contribution is 6.09. The van der Waals surface area contributed by atoms with Crippen molar-refractivity contribution in [3.63, 3.8) is 0 Å². The lowest BCUT2D eigenvalue weighted by Gasteiger charge is -2.17. The maximum absolute atomic E-state index is 12.8. The van der Waals surface area contributed by atoms with E-state index in [1.54, 1.807) is 12.1 Å². The van der Waals surface area contributed by atoms with Gasteiger partial charge in [-0.25, -0.2) is 4.79 Å². The molecule has 72 heavy (non-hydrogen) atoms. The number of benzene rings is 4. The van der Waals surface area contributed by atoms with E-state index in [4.69, 9.17) is 10.2 Å². The molecule has 19 nitrogen and oxygen atoms in total. The molecule has 0 saturated heterocycles. The predicted octanol–water partition coefficient (Wildman–Crippen LogP) is 5.18. The fourth-order valence-corrected chi connectivity index (χ4v) is 6.38. The van der Waals surface area contributed by atoms with E-state index >= 15 is 0 Å². The van der Waals surface area contributed by atoms with Crippen LogP contribution in [0.5, 0.6) is 5.75 Å². The number of carboxylic acids is 1. The molecule has 19 heteroatoms. The van der Waals surface area contributed by atoms with Crippen molar-refractivity contribution in [2.45, 2.75) is 86.0 Å². The molecule has 0 saturated carbocycles. The number of nitrogens with one attached hydrogen (secondary N) is 6. The Labute approximate surface area is 419 Å². The third kappa shape index (κ3) is 24.0. The molecule has 1 aliphatic heterocycles. The molecule has 0 spiro atoms. The van der Waals surface area contributed by atoms with Crippen LogP contribution in [0.15, 0.2) is 94.1 Å². The molecule has 3 aromatic rings. The molecule has 0 unspecified atom stereocenters. The lowest BCUT2D eigenvalue weighted by Crippen LogP contribution is -2.40. The quantitative estimate of drug-likeness (QED) is 0.0340. The number of carbonyl (C=O) groups is 8. The highest BCUT2D eigenvalue weighted by Crippen LogP contribution is 2.42. The molecule has 1 aliphatic carbocycles. The Balaban J connectivity index is 0.000000516. The Morgan fingerprint density at radius 1 is 0.639 bits per heavy atom. The monoisotopic (exact) mass is 996 g/mol. The zero-order valence-electron chi connectivity index (χ0n) is 41.9. The number of fused-ring (bicyclic) bond motifs is 2. The Morgan fingerprint density at radius 2 is 1.21 bits per heavy atom. The number of aromatic hydroxyl groups is 1. The topological polar surface area (TPSA) is 305 Å². The standard InChI is InChI=1S/C31H30N4O9.C11H21N3O3.C7H8.C4H10/c32-26(38)15-34-28(40)16-35-27(39)4-2-1-3-11-33-30(41)17-5-8-20(23(12-17)31(42)43)29-21-9-6-18(36)13-24(21)44-25-14-19(37)7-10-22(25)29;1-9(15)13-7-5-3-4-6-10(16)14-8-11(17)12-2;1-7-5-3-2-4-6-7;1-4(2)3/h5-10,12-14,36H,1-4,11,15-16H2,(H2,32,38)(H,33,41)(H,34,40)(H,35,39)(H,42,43);3-8H2,1-2H3,(H,12,17)(H,13,15)(H,14,16);2-6H,1H3;4H,1-3H3. The smallest absolute Gasteiger partial charge is 0.336 e. The van der Waals surface area contributed by atoms with E-state index in [0.717, 1.165) is 25.2 Å². The molecular weight excluding hydrogens is 927 g/mol. The summed E-state index contributed by atoms with van der Waals surface area (Å²) < 4.78 is 5.83. The number of carbonyl (C=O) groups excluding carboxylic acids is 7. The molecule has 0 aromatic heterocycles. The van der Waals surface area contributed by atoms with Crippen LogP contribution in [0.3, 0.4) is 0 Å². The zero-order valence-corrected chi connectivity index (χ0v) is 41.9. The van der Waals surface area contributed by atoms with E-state index in [2.05, 4.69) is 71.7 Å². The number of carboxylic acid groups (broad SMARTS) is 1. The third-order valence-electron chi connectivity index (χ3n) is 9.85. The molecule has 10 N–H and O–H groups in total. The largest absolute Gasteiger partial charge is 0.508 e. The second-order valence-corrected chi connectivity index (χ2v) is 17.1. The molecule has 3 aromatic carbocycles. The molecule has 2 aliphatic rings. The van der Waals surface area contributed by atoms with Gasteiger partial charge in [-0.15, -0.1) is 0 Å². The summed E-state index contributed by atoms with van der Waals surface area (Å²) >= 11 is 0. The van der Waals surface area contributed by atoms with E-state index in [1.165, 1.54) is 62.0 Å². The summed E-state index contributed by atoms with van der Waals surface area (Å²) in [5, 5.41) is 35.6. The number of unbranched alkanes of at least 4 members (excludes halogenated alkanes) is 4. The summed E-state index contributed by atoms with van der Waals surface area (Å²) in [6.45, 7) is 10.5. The van der Waals surface area contributed by atoms with Crippen LogP contribution in [-0.2, 0) is 28.8 Å². The maximum atomic E-state index is 12.8. The second-order valence-electron chi connectivity index (χ2n) is 17.1. The van der Waals surface area contributed by atoms with Crippen LogP contribution >= 0.6 is 0 Å². The van der Waals surface area contributed by atoms with E-state index in [0.29, 0.717) is 54.3 Å². The first-order valence-electron chi connectivity index (χ1n) is 23.6. The Hall–Kier alpha value is -8.09. The lowest BCUT2D eigenvalue weighted by molar-refractivity contribution is -0.127. The molecular formula is C53H69N7O12. The van der Waals surface area contributed by atoms with Gasteiger partial charge in [0, 0.05) is 74.1 Å². The number of primary amides is 1. The molecule has 0 bridgehead atoms. The van der Waals surface area contributed by atoms with Crippen molar-refractivity contribution in [3.05, 3.63) is 112 Å². The molecule has 7 amide bonds. The third-order valence-corrected chi connectivity index (χ3v) is 9.85. The number of nitrogens with two attached hydrogens (primary N) is 1. The van der Waals surface area contributed by atoms with Crippen molar-refractivity contribution in [3.8, 4) is 28.2 Å². The van der Waals surface area contributed by atoms with Crippen LogP contribution < -0.4 is 43.1 Å². The van der Waals surface area contributed by atoms with Gasteiger partial charge in [-0.2, -0.15) is 0 Å². The summed E-state index contributed by atoms with van der Waals surface area (Å²) in [6.07, 6.45) is 4.78. The van der Waals surface area contributed by atoms with Gasteiger partial charge in [-0.3, -0.25) is 38.4 Å². The van der Waals surface area contributed by atoms with Gasteiger partial charge in [-0.1, -0.05) is 75.6 Å². The Morgan fingerprint density at radius 3 is 1.75 bits per heavy atom. The fraction of sp³-hybridized carbons (Fsp3) is 0.377. The minimum atomic E-state index is -1.26. The summed E-state index contributed by atoms with van der Waals surface area (Å²) in [7, 11) is 1.52. The van der Waals surface area contributed by atoms with E-state index in [1.807, 2.05) is 18.2 Å². The Kier molecular flexibility index (Phi) is 27.2. The van der Waals surface area contributed by atoms with Crippen LogP contribution in [0.2, 0.25) is 0 Å². The van der Waals surface area contributed by atoms with Crippen molar-refractivity contribution in [2.24, 2.45) is 11.7 Å². The van der Waals surface area contributed by atoms with Crippen LogP contribution in [0.4, 0.5) is 0 Å². The first-order valence-corrected chi connectivity index (χ1v) is 23.6. The summed E-state index contributed by atoms with van der Waals surface area (Å²) in [6, 6.07) is 23.1. The molecule has 0 fully saturated rings. The summed E-state index contributed by atoms with van der Waals surface area (Å²) in [5.74, 6) is -2.66. The molecule has 388 valence electrons.